The molecule has 6 fully saturated rings. The molecule has 6 aliphatic heterocycles. The van der Waals surface area contributed by atoms with Gasteiger partial charge in [-0.25, -0.2) is 0 Å². The van der Waals surface area contributed by atoms with Gasteiger partial charge in [-0.15, -0.1) is 0 Å². The summed E-state index contributed by atoms with van der Waals surface area (Å²) in [6, 6.07) is -3.33. The van der Waals surface area contributed by atoms with Crippen molar-refractivity contribution in [3.63, 3.8) is 0 Å². The normalized spacial score (nSPS) is 49.8. The lowest BCUT2D eigenvalue weighted by molar-refractivity contribution is -0.386. The second-order valence-electron chi connectivity index (χ2n) is 18.3. The summed E-state index contributed by atoms with van der Waals surface area (Å²) in [5.74, 6) is -1.60. The fourth-order valence-corrected chi connectivity index (χ4v) is 9.22. The lowest BCUT2D eigenvalue weighted by Crippen LogP contribution is -2.69. The predicted molar refractivity (Wildman–Crippen MR) is 222 cm³/mol. The van der Waals surface area contributed by atoms with E-state index in [4.69, 9.17) is 52.1 Å². The molecule has 6 aliphatic rings. The zero-order valence-corrected chi connectivity index (χ0v) is 38.9. The van der Waals surface area contributed by atoms with E-state index < -0.39 is 236 Å². The van der Waals surface area contributed by atoms with Gasteiger partial charge in [0.2, 0.25) is 11.8 Å². The van der Waals surface area contributed by atoms with Gasteiger partial charge in [-0.2, -0.15) is 0 Å². The molecule has 33 nitrogen and oxygen atoms in total. The first-order chi connectivity index (χ1) is 34.5. The molecular formula is C40H68N2O31. The molecule has 0 unspecified atom stereocenters. The Kier molecular flexibility index (Phi) is 21.3. The Balaban J connectivity index is 1.17. The Bertz CT molecular complexity index is 1740. The van der Waals surface area contributed by atoms with E-state index in [-0.39, 0.29) is 0 Å². The third kappa shape index (κ3) is 13.0. The van der Waals surface area contributed by atoms with E-state index in [9.17, 15) is 102 Å². The van der Waals surface area contributed by atoms with E-state index in [2.05, 4.69) is 10.6 Å². The molecule has 20 N–H and O–H groups in total. The minimum absolute atomic E-state index is 0.776. The molecule has 6 rings (SSSR count). The third-order valence-corrected chi connectivity index (χ3v) is 13.2. The summed E-state index contributed by atoms with van der Waals surface area (Å²) in [5.41, 5.74) is 0. The number of ether oxygens (including phenoxy) is 11. The van der Waals surface area contributed by atoms with Crippen molar-refractivity contribution >= 4 is 11.8 Å². The van der Waals surface area contributed by atoms with E-state index in [1.54, 1.807) is 0 Å². The summed E-state index contributed by atoms with van der Waals surface area (Å²) in [4.78, 5) is 24.7. The fourth-order valence-electron chi connectivity index (χ4n) is 9.22. The third-order valence-electron chi connectivity index (χ3n) is 13.2. The molecular weight excluding hydrogens is 1000 g/mol. The van der Waals surface area contributed by atoms with E-state index in [1.165, 1.54) is 0 Å². The molecule has 424 valence electrons. The van der Waals surface area contributed by atoms with Crippen LogP contribution < -0.4 is 10.6 Å². The molecule has 0 bridgehead atoms. The Morgan fingerprint density at radius 1 is 0.356 bits per heavy atom. The van der Waals surface area contributed by atoms with Gasteiger partial charge < -0.3 is 155 Å². The molecule has 33 heteroatoms. The first-order valence-electron chi connectivity index (χ1n) is 23.1. The molecule has 73 heavy (non-hydrogen) atoms. The summed E-state index contributed by atoms with van der Waals surface area (Å²) < 4.78 is 62.1. The van der Waals surface area contributed by atoms with Crippen molar-refractivity contribution < 1.29 is 154 Å². The topological polar surface area (TPSA) is 524 Å². The second-order valence-corrected chi connectivity index (χ2v) is 18.3. The van der Waals surface area contributed by atoms with Crippen LogP contribution in [0.5, 0.6) is 0 Å². The molecule has 0 saturated carbocycles. The smallest absolute Gasteiger partial charge is 0.217 e. The lowest BCUT2D eigenvalue weighted by Gasteiger charge is -2.49. The Morgan fingerprint density at radius 2 is 0.726 bits per heavy atom. The Labute approximate surface area is 413 Å². The van der Waals surface area contributed by atoms with E-state index >= 15 is 0 Å². The number of aliphatic hydroxyl groups excluding tert-OH is 18. The van der Waals surface area contributed by atoms with Crippen molar-refractivity contribution in [1.82, 2.24) is 10.6 Å². The number of nitrogens with one attached hydrogen (secondary N) is 2. The number of carbonyl (C=O) groups is 2. The van der Waals surface area contributed by atoms with Crippen LogP contribution in [-0.4, -0.2) is 327 Å². The van der Waals surface area contributed by atoms with E-state index in [0.717, 1.165) is 13.8 Å². The van der Waals surface area contributed by atoms with Crippen LogP contribution in [0.4, 0.5) is 0 Å². The molecule has 0 aliphatic carbocycles. The highest BCUT2D eigenvalue weighted by atomic mass is 16.8. The lowest BCUT2D eigenvalue weighted by atomic mass is 9.94. The van der Waals surface area contributed by atoms with Crippen LogP contribution in [0.25, 0.3) is 0 Å². The Hall–Kier alpha value is -2.22. The van der Waals surface area contributed by atoms with Crippen LogP contribution in [-0.2, 0) is 61.7 Å². The van der Waals surface area contributed by atoms with Gasteiger partial charge in [0.05, 0.1) is 39.6 Å². The summed E-state index contributed by atoms with van der Waals surface area (Å²) in [6.07, 6.45) is -52.3. The van der Waals surface area contributed by atoms with Crippen molar-refractivity contribution in [1.29, 1.82) is 0 Å². The number of hydrogen-bond donors (Lipinski definition) is 20. The van der Waals surface area contributed by atoms with Crippen LogP contribution in [0.2, 0.25) is 0 Å². The van der Waals surface area contributed by atoms with Gasteiger partial charge in [0.1, 0.15) is 146 Å². The molecule has 30 atom stereocenters. The Morgan fingerprint density at radius 3 is 1.23 bits per heavy atom. The monoisotopic (exact) mass is 1070 g/mol. The highest BCUT2D eigenvalue weighted by molar-refractivity contribution is 5.73. The second kappa shape index (κ2) is 26.0. The largest absolute Gasteiger partial charge is 0.394 e. The summed E-state index contributed by atoms with van der Waals surface area (Å²) in [5, 5.41) is 196. The molecule has 6 saturated heterocycles. The van der Waals surface area contributed by atoms with Gasteiger partial charge >= 0.3 is 0 Å². The van der Waals surface area contributed by atoms with E-state index in [1.807, 2.05) is 0 Å². The van der Waals surface area contributed by atoms with Crippen molar-refractivity contribution in [2.45, 2.75) is 198 Å². The maximum absolute atomic E-state index is 12.4. The number of aliphatic hydroxyl groups is 18. The first-order valence-corrected chi connectivity index (χ1v) is 23.1. The summed E-state index contributed by atoms with van der Waals surface area (Å²) in [7, 11) is 0. The van der Waals surface area contributed by atoms with Crippen molar-refractivity contribution in [2.75, 3.05) is 39.6 Å². The van der Waals surface area contributed by atoms with Crippen molar-refractivity contribution in [2.24, 2.45) is 0 Å². The van der Waals surface area contributed by atoms with Crippen LogP contribution in [0.3, 0.4) is 0 Å². The van der Waals surface area contributed by atoms with Crippen molar-refractivity contribution in [3.8, 4) is 0 Å². The highest BCUT2D eigenvalue weighted by Gasteiger charge is 2.57. The average molecular weight is 1070 g/mol. The maximum atomic E-state index is 12.4. The quantitative estimate of drug-likeness (QED) is 0.0606. The molecule has 0 radical (unpaired) electrons. The molecule has 2 amide bonds. The van der Waals surface area contributed by atoms with Crippen molar-refractivity contribution in [3.05, 3.63) is 0 Å². The van der Waals surface area contributed by atoms with Crippen LogP contribution in [0.15, 0.2) is 0 Å². The zero-order chi connectivity index (χ0) is 53.9. The van der Waals surface area contributed by atoms with Crippen LogP contribution in [0, 0.1) is 0 Å². The van der Waals surface area contributed by atoms with Crippen LogP contribution in [0.1, 0.15) is 13.8 Å². The number of amides is 2. The van der Waals surface area contributed by atoms with Gasteiger partial charge in [-0.3, -0.25) is 9.59 Å². The molecule has 6 heterocycles. The summed E-state index contributed by atoms with van der Waals surface area (Å²) >= 11 is 0. The fraction of sp³-hybridized carbons (Fsp3) is 0.950. The highest BCUT2D eigenvalue weighted by Crippen LogP contribution is 2.36. The zero-order valence-electron chi connectivity index (χ0n) is 38.9. The number of carbonyl (C=O) groups excluding carboxylic acids is 2. The van der Waals surface area contributed by atoms with Gasteiger partial charge in [0.15, 0.2) is 37.7 Å². The van der Waals surface area contributed by atoms with Gasteiger partial charge in [0.25, 0.3) is 0 Å². The molecule has 0 aromatic carbocycles. The molecule has 0 aromatic heterocycles. The SMILES string of the molecule is CC(=O)N[C@H]1[C@H](OC[C@H]2O[C@@H](O[C@H]3[C@@H](O)[C@@H](CO)O[C@H](O[C@@H]4[C@H](O)[C@@H](O)[C@H](O[C@H]5[C@H](O)[C@@H](O)[C@H](O)O[C@@H]5CO)O[C@@H]4CO)[C@@H]3O)[C@H](NC(C)=O)[C@@H](O)[C@H]2O)O[C@H](CO)[C@@H](O[C@@H]2O[C@H](CO)[C@H](O)[C@H](O)[C@H]2O)[C@@H]1O. The number of hydrogen-bond acceptors (Lipinski definition) is 31. The average Bonchev–Trinajstić information content (AvgIpc) is 3.36. The van der Waals surface area contributed by atoms with Gasteiger partial charge in [0, 0.05) is 13.8 Å². The predicted octanol–water partition coefficient (Wildman–Crippen LogP) is -13.8. The minimum Gasteiger partial charge on any atom is -0.394 e. The van der Waals surface area contributed by atoms with E-state index in [0.29, 0.717) is 0 Å². The van der Waals surface area contributed by atoms with Crippen LogP contribution >= 0.6 is 0 Å². The van der Waals surface area contributed by atoms with Gasteiger partial charge in [-0.1, -0.05) is 0 Å². The first kappa shape index (κ1) is 60.0. The molecule has 0 spiro atoms. The molecule has 0 aromatic rings. The number of rotatable bonds is 18. The minimum atomic E-state index is -2.20. The summed E-state index contributed by atoms with van der Waals surface area (Å²) in [6.45, 7) is -3.46. The standard InChI is InChI=1S/C40H68N2O31/c1-9(48)41-17-22(53)20(51)16(8-63-36-18(42-10(2)49)23(54)31(14(6-46)67-36)70-38-28(59)24(55)19(50)11(3-43)65-38)69-37(17)73-34-21(52)12(4-44)66-40(30(34)61)72-33-15(7-47)68-39(29(60)26(33)57)71-32-13(5-45)64-35(62)27(58)25(32)56/h11-40,43-47,50-62H,3-8H2,1-2H3,(H,41,48)(H,42,49)/t11-,12-,13-,14-,15-,16-,17-,18-,19+,20+,21+,22-,23-,24+,25-,26-,27-,28-,29-,30-,31-,32-,33+,34+,35-,36-,37+,38+,39+,40-/m1/s1. The van der Waals surface area contributed by atoms with Gasteiger partial charge in [-0.05, 0) is 0 Å². The maximum Gasteiger partial charge on any atom is 0.217 e.